The summed E-state index contributed by atoms with van der Waals surface area (Å²) in [5, 5.41) is 19.7. The zero-order valence-electron chi connectivity index (χ0n) is 11.2. The van der Waals surface area contributed by atoms with Crippen LogP contribution in [0.5, 0.6) is 0 Å². The quantitative estimate of drug-likeness (QED) is 0.493. The molecule has 0 aliphatic carbocycles. The predicted molar refractivity (Wildman–Crippen MR) is 69.3 cm³/mol. The fraction of sp³-hybridized carbons (Fsp3) is 0.846. The molecule has 0 saturated heterocycles. The van der Waals surface area contributed by atoms with Gasteiger partial charge in [0.2, 0.25) is 5.91 Å². The van der Waals surface area contributed by atoms with E-state index in [4.69, 9.17) is 10.2 Å². The summed E-state index contributed by atoms with van der Waals surface area (Å²) < 4.78 is 0. The highest BCUT2D eigenvalue weighted by atomic mass is 16.4. The fourth-order valence-electron chi connectivity index (χ4n) is 1.69. The van der Waals surface area contributed by atoms with Crippen LogP contribution in [0.25, 0.3) is 0 Å². The Morgan fingerprint density at radius 2 is 1.61 bits per heavy atom. The highest BCUT2D eigenvalue weighted by Gasteiger charge is 2.17. The van der Waals surface area contributed by atoms with Gasteiger partial charge in [-0.3, -0.25) is 4.79 Å². The highest BCUT2D eigenvalue weighted by molar-refractivity contribution is 5.83. The molecule has 0 aromatic heterocycles. The van der Waals surface area contributed by atoms with E-state index in [2.05, 4.69) is 12.2 Å². The molecule has 0 saturated carbocycles. The molecule has 0 aromatic carbocycles. The first-order chi connectivity index (χ1) is 8.61. The van der Waals surface area contributed by atoms with E-state index < -0.39 is 18.6 Å². The van der Waals surface area contributed by atoms with Crippen molar-refractivity contribution in [2.24, 2.45) is 0 Å². The summed E-state index contributed by atoms with van der Waals surface area (Å²) >= 11 is 0. The second-order valence-electron chi connectivity index (χ2n) is 4.51. The lowest BCUT2D eigenvalue weighted by atomic mass is 10.1. The van der Waals surface area contributed by atoms with Crippen molar-refractivity contribution in [2.45, 2.75) is 64.3 Å². The molecule has 0 unspecified atom stereocenters. The van der Waals surface area contributed by atoms with Crippen molar-refractivity contribution in [1.82, 2.24) is 5.32 Å². The largest absolute Gasteiger partial charge is 0.480 e. The Kier molecular flexibility index (Phi) is 10.3. The lowest BCUT2D eigenvalue weighted by Gasteiger charge is -2.11. The van der Waals surface area contributed by atoms with Crippen LogP contribution in [0.2, 0.25) is 0 Å². The predicted octanol–water partition coefficient (Wildman–Crippen LogP) is 1.69. The van der Waals surface area contributed by atoms with E-state index in [-0.39, 0.29) is 5.91 Å². The number of hydrogen-bond donors (Lipinski definition) is 3. The van der Waals surface area contributed by atoms with Crippen LogP contribution in [0.15, 0.2) is 0 Å². The normalized spacial score (nSPS) is 12.1. The molecule has 5 nitrogen and oxygen atoms in total. The van der Waals surface area contributed by atoms with E-state index in [0.717, 1.165) is 19.3 Å². The Balaban J connectivity index is 3.50. The standard InChI is InChI=1S/C13H25NO4/c1-2-3-4-5-6-7-8-9-12(16)14-11(10-15)13(17)18/h11,15H,2-10H2,1H3,(H,14,16)(H,17,18)/t11-/m1/s1. The number of unbranched alkanes of at least 4 members (excludes halogenated alkanes) is 6. The SMILES string of the molecule is CCCCCCCCCC(=O)N[C@H](CO)C(=O)O. The van der Waals surface area contributed by atoms with Crippen molar-refractivity contribution >= 4 is 11.9 Å². The molecule has 0 spiro atoms. The molecule has 0 aromatic rings. The summed E-state index contributed by atoms with van der Waals surface area (Å²) in [5.41, 5.74) is 0. The number of amides is 1. The molecule has 18 heavy (non-hydrogen) atoms. The van der Waals surface area contributed by atoms with Crippen molar-refractivity contribution < 1.29 is 19.8 Å². The third-order valence-corrected chi connectivity index (χ3v) is 2.82. The van der Waals surface area contributed by atoms with E-state index in [1.54, 1.807) is 0 Å². The number of aliphatic hydroxyl groups excluding tert-OH is 1. The number of carboxylic acid groups (broad SMARTS) is 1. The van der Waals surface area contributed by atoms with E-state index in [1.165, 1.54) is 25.7 Å². The number of carbonyl (C=O) groups is 2. The number of carbonyl (C=O) groups excluding carboxylic acids is 1. The molecule has 0 fully saturated rings. The van der Waals surface area contributed by atoms with Gasteiger partial charge in [0, 0.05) is 6.42 Å². The summed E-state index contributed by atoms with van der Waals surface area (Å²) in [7, 11) is 0. The maximum Gasteiger partial charge on any atom is 0.328 e. The summed E-state index contributed by atoms with van der Waals surface area (Å²) in [5.74, 6) is -1.50. The summed E-state index contributed by atoms with van der Waals surface area (Å²) in [6.07, 6.45) is 8.15. The van der Waals surface area contributed by atoms with Gasteiger partial charge >= 0.3 is 5.97 Å². The van der Waals surface area contributed by atoms with Crippen LogP contribution in [-0.2, 0) is 9.59 Å². The minimum absolute atomic E-state index is 0.301. The van der Waals surface area contributed by atoms with Gasteiger partial charge in [0.15, 0.2) is 0 Å². The smallest absolute Gasteiger partial charge is 0.328 e. The first-order valence-corrected chi connectivity index (χ1v) is 6.74. The zero-order valence-corrected chi connectivity index (χ0v) is 11.2. The topological polar surface area (TPSA) is 86.6 Å². The van der Waals surface area contributed by atoms with Crippen LogP contribution in [0, 0.1) is 0 Å². The molecule has 3 N–H and O–H groups in total. The van der Waals surface area contributed by atoms with Gasteiger partial charge in [-0.15, -0.1) is 0 Å². The van der Waals surface area contributed by atoms with Crippen LogP contribution < -0.4 is 5.32 Å². The minimum Gasteiger partial charge on any atom is -0.480 e. The first kappa shape index (κ1) is 16.9. The Morgan fingerprint density at radius 3 is 2.11 bits per heavy atom. The number of rotatable bonds is 11. The van der Waals surface area contributed by atoms with Crippen LogP contribution in [-0.4, -0.2) is 34.7 Å². The Bertz CT molecular complexity index is 243. The third-order valence-electron chi connectivity index (χ3n) is 2.82. The van der Waals surface area contributed by atoms with Crippen molar-refractivity contribution in [2.75, 3.05) is 6.61 Å². The fourth-order valence-corrected chi connectivity index (χ4v) is 1.69. The number of aliphatic hydroxyl groups is 1. The van der Waals surface area contributed by atoms with E-state index in [9.17, 15) is 9.59 Å². The lowest BCUT2D eigenvalue weighted by Crippen LogP contribution is -2.43. The molecule has 0 rings (SSSR count). The molecular formula is C13H25NO4. The van der Waals surface area contributed by atoms with E-state index in [1.807, 2.05) is 0 Å². The summed E-state index contributed by atoms with van der Waals surface area (Å²) in [6, 6.07) is -1.18. The maximum absolute atomic E-state index is 11.4. The lowest BCUT2D eigenvalue weighted by molar-refractivity contribution is -0.142. The van der Waals surface area contributed by atoms with Crippen LogP contribution >= 0.6 is 0 Å². The van der Waals surface area contributed by atoms with Crippen molar-refractivity contribution in [3.8, 4) is 0 Å². The van der Waals surface area contributed by atoms with Gasteiger partial charge in [-0.25, -0.2) is 4.79 Å². The third kappa shape index (κ3) is 8.98. The van der Waals surface area contributed by atoms with Crippen LogP contribution in [0.3, 0.4) is 0 Å². The van der Waals surface area contributed by atoms with Gasteiger partial charge in [0.25, 0.3) is 0 Å². The molecular weight excluding hydrogens is 234 g/mol. The Morgan fingerprint density at radius 1 is 1.06 bits per heavy atom. The van der Waals surface area contributed by atoms with E-state index in [0.29, 0.717) is 6.42 Å². The molecule has 1 atom stereocenters. The van der Waals surface area contributed by atoms with Crippen LogP contribution in [0.1, 0.15) is 58.3 Å². The molecule has 0 radical (unpaired) electrons. The van der Waals surface area contributed by atoms with Crippen molar-refractivity contribution in [3.63, 3.8) is 0 Å². The van der Waals surface area contributed by atoms with Gasteiger partial charge in [0.1, 0.15) is 6.04 Å². The Hall–Kier alpha value is -1.10. The maximum atomic E-state index is 11.4. The van der Waals surface area contributed by atoms with Crippen molar-refractivity contribution in [3.05, 3.63) is 0 Å². The molecule has 1 amide bonds. The molecule has 0 heterocycles. The second-order valence-corrected chi connectivity index (χ2v) is 4.51. The molecule has 106 valence electrons. The Labute approximate surface area is 109 Å². The first-order valence-electron chi connectivity index (χ1n) is 6.74. The van der Waals surface area contributed by atoms with Gasteiger partial charge in [-0.1, -0.05) is 45.4 Å². The number of nitrogens with one attached hydrogen (secondary N) is 1. The van der Waals surface area contributed by atoms with Gasteiger partial charge < -0.3 is 15.5 Å². The molecule has 0 bridgehead atoms. The van der Waals surface area contributed by atoms with E-state index >= 15 is 0 Å². The number of aliphatic carboxylic acids is 1. The summed E-state index contributed by atoms with van der Waals surface area (Å²) in [6.45, 7) is 1.60. The van der Waals surface area contributed by atoms with Gasteiger partial charge in [-0.2, -0.15) is 0 Å². The zero-order chi connectivity index (χ0) is 13.8. The average Bonchev–Trinajstić information content (AvgIpc) is 2.34. The van der Waals surface area contributed by atoms with Crippen LogP contribution in [0.4, 0.5) is 0 Å². The highest BCUT2D eigenvalue weighted by Crippen LogP contribution is 2.08. The average molecular weight is 259 g/mol. The second kappa shape index (κ2) is 11.0. The van der Waals surface area contributed by atoms with Gasteiger partial charge in [0.05, 0.1) is 6.61 Å². The van der Waals surface area contributed by atoms with Crippen molar-refractivity contribution in [1.29, 1.82) is 0 Å². The molecule has 0 aliphatic heterocycles. The summed E-state index contributed by atoms with van der Waals surface area (Å²) in [4.78, 5) is 21.9. The minimum atomic E-state index is -1.20. The molecule has 0 aliphatic rings. The number of carboxylic acids is 1. The van der Waals surface area contributed by atoms with Gasteiger partial charge in [-0.05, 0) is 6.42 Å². The number of hydrogen-bond acceptors (Lipinski definition) is 3. The molecule has 5 heteroatoms. The monoisotopic (exact) mass is 259 g/mol.